The fourth-order valence-electron chi connectivity index (χ4n) is 3.64. The Bertz CT molecular complexity index is 702. The number of rotatable bonds is 5. The van der Waals surface area contributed by atoms with Gasteiger partial charge in [-0.1, -0.05) is 0 Å². The predicted octanol–water partition coefficient (Wildman–Crippen LogP) is 2.03. The molecule has 7 nitrogen and oxygen atoms in total. The summed E-state index contributed by atoms with van der Waals surface area (Å²) in [6, 6.07) is 6.02. The molecule has 2 saturated heterocycles. The van der Waals surface area contributed by atoms with Crippen molar-refractivity contribution >= 4 is 11.7 Å². The van der Waals surface area contributed by atoms with Crippen molar-refractivity contribution in [3.63, 3.8) is 0 Å². The monoisotopic (exact) mass is 355 g/mol. The summed E-state index contributed by atoms with van der Waals surface area (Å²) in [5.74, 6) is 1.46. The van der Waals surface area contributed by atoms with Crippen LogP contribution >= 0.6 is 0 Å². The first-order chi connectivity index (χ1) is 12.8. The second-order valence-electron chi connectivity index (χ2n) is 7.10. The summed E-state index contributed by atoms with van der Waals surface area (Å²) >= 11 is 0. The van der Waals surface area contributed by atoms with E-state index < -0.39 is 0 Å². The lowest BCUT2D eigenvalue weighted by atomic mass is 9.96. The molecule has 2 aliphatic heterocycles. The highest BCUT2D eigenvalue weighted by Crippen LogP contribution is 2.21. The minimum absolute atomic E-state index is 0.0748. The lowest BCUT2D eigenvalue weighted by Crippen LogP contribution is -2.39. The van der Waals surface area contributed by atoms with E-state index in [0.29, 0.717) is 17.5 Å². The summed E-state index contributed by atoms with van der Waals surface area (Å²) in [7, 11) is 0. The average molecular weight is 355 g/mol. The summed E-state index contributed by atoms with van der Waals surface area (Å²) < 4.78 is 7.33. The number of nitrogens with one attached hydrogen (secondary N) is 1. The Morgan fingerprint density at radius 3 is 2.81 bits per heavy atom. The number of carbonyl (C=O) groups is 1. The zero-order valence-corrected chi connectivity index (χ0v) is 14.9. The SMILES string of the molecule is O=C(c1ccc(N[C@H]2CCOC2)nc1)N1CCC(Cn2cccn2)CC1. The van der Waals surface area contributed by atoms with Crippen LogP contribution < -0.4 is 5.32 Å². The molecule has 2 aromatic rings. The Labute approximate surface area is 153 Å². The van der Waals surface area contributed by atoms with Crippen LogP contribution in [0.1, 0.15) is 29.6 Å². The van der Waals surface area contributed by atoms with Gasteiger partial charge >= 0.3 is 0 Å². The fourth-order valence-corrected chi connectivity index (χ4v) is 3.64. The second kappa shape index (κ2) is 7.86. The van der Waals surface area contributed by atoms with Crippen LogP contribution in [-0.2, 0) is 11.3 Å². The van der Waals surface area contributed by atoms with Crippen LogP contribution in [0, 0.1) is 5.92 Å². The zero-order valence-electron chi connectivity index (χ0n) is 14.9. The predicted molar refractivity (Wildman–Crippen MR) is 97.9 cm³/mol. The molecule has 0 bridgehead atoms. The first kappa shape index (κ1) is 17.0. The molecule has 1 amide bonds. The van der Waals surface area contributed by atoms with Gasteiger partial charge in [0.25, 0.3) is 5.91 Å². The van der Waals surface area contributed by atoms with Gasteiger partial charge in [0.15, 0.2) is 0 Å². The van der Waals surface area contributed by atoms with Gasteiger partial charge in [0, 0.05) is 44.8 Å². The summed E-state index contributed by atoms with van der Waals surface area (Å²) in [6.45, 7) is 4.04. The fraction of sp³-hybridized carbons (Fsp3) is 0.526. The topological polar surface area (TPSA) is 72.3 Å². The summed E-state index contributed by atoms with van der Waals surface area (Å²) in [4.78, 5) is 19.0. The van der Waals surface area contributed by atoms with Crippen LogP contribution in [0.2, 0.25) is 0 Å². The highest BCUT2D eigenvalue weighted by atomic mass is 16.5. The normalized spacial score (nSPS) is 21.1. The van der Waals surface area contributed by atoms with Crippen molar-refractivity contribution in [2.24, 2.45) is 5.92 Å². The maximum absolute atomic E-state index is 12.7. The molecule has 1 atom stereocenters. The molecule has 1 N–H and O–H groups in total. The van der Waals surface area contributed by atoms with Crippen molar-refractivity contribution in [2.75, 3.05) is 31.6 Å². The van der Waals surface area contributed by atoms with E-state index in [4.69, 9.17) is 4.74 Å². The van der Waals surface area contributed by atoms with Crippen molar-refractivity contribution in [1.29, 1.82) is 0 Å². The van der Waals surface area contributed by atoms with Crippen LogP contribution in [0.25, 0.3) is 0 Å². The van der Waals surface area contributed by atoms with E-state index in [0.717, 1.165) is 57.9 Å². The number of aromatic nitrogens is 3. The molecule has 2 fully saturated rings. The van der Waals surface area contributed by atoms with E-state index >= 15 is 0 Å². The maximum atomic E-state index is 12.7. The standard InChI is InChI=1S/C19H25N5O2/c25-19(16-2-3-18(20-12-16)22-17-6-11-26-14-17)23-9-4-15(5-10-23)13-24-8-1-7-21-24/h1-3,7-8,12,15,17H,4-6,9-11,13-14H2,(H,20,22)/t17-/m0/s1. The van der Waals surface area contributed by atoms with Crippen LogP contribution in [0.4, 0.5) is 5.82 Å². The van der Waals surface area contributed by atoms with Crippen molar-refractivity contribution < 1.29 is 9.53 Å². The number of hydrogen-bond donors (Lipinski definition) is 1. The third kappa shape index (κ3) is 4.04. The van der Waals surface area contributed by atoms with Crippen LogP contribution in [0.5, 0.6) is 0 Å². The molecule has 26 heavy (non-hydrogen) atoms. The maximum Gasteiger partial charge on any atom is 0.255 e. The Balaban J connectivity index is 1.29. The number of likely N-dealkylation sites (tertiary alicyclic amines) is 1. The number of carbonyl (C=O) groups excluding carboxylic acids is 1. The summed E-state index contributed by atoms with van der Waals surface area (Å²) in [5, 5.41) is 7.61. The van der Waals surface area contributed by atoms with Gasteiger partial charge in [0.2, 0.25) is 0 Å². The van der Waals surface area contributed by atoms with Crippen LogP contribution in [0.15, 0.2) is 36.8 Å². The quantitative estimate of drug-likeness (QED) is 0.888. The number of anilines is 1. The Kier molecular flexibility index (Phi) is 5.15. The molecule has 7 heteroatoms. The largest absolute Gasteiger partial charge is 0.379 e. The molecule has 2 aliphatic rings. The van der Waals surface area contributed by atoms with Gasteiger partial charge < -0.3 is 15.0 Å². The van der Waals surface area contributed by atoms with E-state index in [9.17, 15) is 4.79 Å². The smallest absolute Gasteiger partial charge is 0.255 e. The molecule has 0 unspecified atom stereocenters. The highest BCUT2D eigenvalue weighted by Gasteiger charge is 2.24. The van der Waals surface area contributed by atoms with Crippen molar-refractivity contribution in [1.82, 2.24) is 19.7 Å². The van der Waals surface area contributed by atoms with Gasteiger partial charge in [0.05, 0.1) is 18.2 Å². The van der Waals surface area contributed by atoms with E-state index in [2.05, 4.69) is 15.4 Å². The molecule has 0 aromatic carbocycles. The summed E-state index contributed by atoms with van der Waals surface area (Å²) in [5.41, 5.74) is 0.656. The Hall–Kier alpha value is -2.41. The summed E-state index contributed by atoms with van der Waals surface area (Å²) in [6.07, 6.45) is 8.51. The Morgan fingerprint density at radius 1 is 1.27 bits per heavy atom. The molecule has 4 heterocycles. The van der Waals surface area contributed by atoms with Gasteiger partial charge in [-0.15, -0.1) is 0 Å². The molecule has 0 radical (unpaired) electrons. The van der Waals surface area contributed by atoms with E-state index in [-0.39, 0.29) is 5.91 Å². The van der Waals surface area contributed by atoms with Crippen molar-refractivity contribution in [3.8, 4) is 0 Å². The molecule has 0 aliphatic carbocycles. The number of nitrogens with zero attached hydrogens (tertiary/aromatic N) is 4. The molecule has 138 valence electrons. The van der Waals surface area contributed by atoms with Crippen LogP contribution in [-0.4, -0.2) is 57.9 Å². The first-order valence-electron chi connectivity index (χ1n) is 9.35. The van der Waals surface area contributed by atoms with Gasteiger partial charge in [-0.2, -0.15) is 5.10 Å². The minimum atomic E-state index is 0.0748. The van der Waals surface area contributed by atoms with E-state index in [1.54, 1.807) is 6.20 Å². The lowest BCUT2D eigenvalue weighted by molar-refractivity contribution is 0.0681. The first-order valence-corrected chi connectivity index (χ1v) is 9.35. The van der Waals surface area contributed by atoms with Gasteiger partial charge in [-0.05, 0) is 43.4 Å². The van der Waals surface area contributed by atoms with Gasteiger partial charge in [-0.25, -0.2) is 4.98 Å². The number of amides is 1. The number of piperidine rings is 1. The molecule has 0 saturated carbocycles. The minimum Gasteiger partial charge on any atom is -0.379 e. The lowest BCUT2D eigenvalue weighted by Gasteiger charge is -2.32. The molecular weight excluding hydrogens is 330 g/mol. The van der Waals surface area contributed by atoms with Crippen molar-refractivity contribution in [3.05, 3.63) is 42.4 Å². The number of hydrogen-bond acceptors (Lipinski definition) is 5. The molecular formula is C19H25N5O2. The van der Waals surface area contributed by atoms with Crippen LogP contribution in [0.3, 0.4) is 0 Å². The second-order valence-corrected chi connectivity index (χ2v) is 7.10. The number of pyridine rings is 1. The van der Waals surface area contributed by atoms with E-state index in [1.165, 1.54) is 0 Å². The van der Waals surface area contributed by atoms with Gasteiger partial charge in [0.1, 0.15) is 5.82 Å². The number of ether oxygens (including phenoxy) is 1. The Morgan fingerprint density at radius 2 is 2.15 bits per heavy atom. The van der Waals surface area contributed by atoms with Gasteiger partial charge in [-0.3, -0.25) is 9.48 Å². The van der Waals surface area contributed by atoms with E-state index in [1.807, 2.05) is 40.2 Å². The molecule has 2 aromatic heterocycles. The molecule has 4 rings (SSSR count). The highest BCUT2D eigenvalue weighted by molar-refractivity contribution is 5.94. The average Bonchev–Trinajstić information content (AvgIpc) is 3.37. The zero-order chi connectivity index (χ0) is 17.8. The third-order valence-corrected chi connectivity index (χ3v) is 5.20. The third-order valence-electron chi connectivity index (χ3n) is 5.20. The molecule has 0 spiro atoms. The van der Waals surface area contributed by atoms with Crippen molar-refractivity contribution in [2.45, 2.75) is 31.8 Å².